The van der Waals surface area contributed by atoms with Crippen LogP contribution in [0.15, 0.2) is 29.8 Å². The Bertz CT molecular complexity index is 462. The van der Waals surface area contributed by atoms with Crippen molar-refractivity contribution in [2.24, 2.45) is 0 Å². The van der Waals surface area contributed by atoms with Gasteiger partial charge in [-0.2, -0.15) is 0 Å². The van der Waals surface area contributed by atoms with E-state index >= 15 is 0 Å². The van der Waals surface area contributed by atoms with Crippen LogP contribution < -0.4 is 5.32 Å². The zero-order chi connectivity index (χ0) is 10.1. The van der Waals surface area contributed by atoms with Gasteiger partial charge < -0.3 is 0 Å². The molecule has 0 spiro atoms. The Morgan fingerprint density at radius 1 is 1.20 bits per heavy atom. The Labute approximate surface area is 93.0 Å². The van der Waals surface area contributed by atoms with Gasteiger partial charge in [0, 0.05) is 30.2 Å². The molecule has 1 aromatic carbocycles. The first-order chi connectivity index (χ1) is 7.43. The van der Waals surface area contributed by atoms with Gasteiger partial charge >= 0.3 is 0 Å². The second kappa shape index (κ2) is 3.76. The van der Waals surface area contributed by atoms with Gasteiger partial charge in [0.1, 0.15) is 5.01 Å². The molecular weight excluding hydrogens is 204 g/mol. The number of hydrogen-bond acceptors (Lipinski definition) is 2. The predicted octanol–water partition coefficient (Wildman–Crippen LogP) is 2.47. The summed E-state index contributed by atoms with van der Waals surface area (Å²) < 4.78 is 0. The Hall–Kier alpha value is -1.19. The van der Waals surface area contributed by atoms with Gasteiger partial charge in [-0.05, 0) is 23.6 Å². The van der Waals surface area contributed by atoms with Gasteiger partial charge in [-0.25, -0.2) is 10.3 Å². The van der Waals surface area contributed by atoms with Crippen molar-refractivity contribution in [3.05, 3.63) is 40.9 Å². The zero-order valence-corrected chi connectivity index (χ0v) is 9.13. The maximum atomic E-state index is 4.40. The van der Waals surface area contributed by atoms with Gasteiger partial charge in [0.05, 0.1) is 0 Å². The molecule has 1 aromatic heterocycles. The lowest BCUT2D eigenvalue weighted by Crippen LogP contribution is -2.17. The second-order valence-electron chi connectivity index (χ2n) is 3.68. The molecule has 2 aromatic rings. The molecule has 15 heavy (non-hydrogen) atoms. The highest BCUT2D eigenvalue weighted by atomic mass is 32.1. The Morgan fingerprint density at radius 2 is 2.20 bits per heavy atom. The van der Waals surface area contributed by atoms with Crippen molar-refractivity contribution < 1.29 is 0 Å². The third-order valence-electron chi connectivity index (χ3n) is 2.71. The molecule has 1 radical (unpaired) electrons. The molecule has 0 N–H and O–H groups in total. The number of thiazole rings is 1. The fourth-order valence-corrected chi connectivity index (χ4v) is 2.55. The van der Waals surface area contributed by atoms with E-state index in [9.17, 15) is 0 Å². The fraction of sp³-hybridized carbons (Fsp3) is 0.250. The van der Waals surface area contributed by atoms with Gasteiger partial charge in [0.2, 0.25) is 0 Å². The Balaban J connectivity index is 2.04. The van der Waals surface area contributed by atoms with E-state index in [0.717, 1.165) is 24.5 Å². The third-order valence-corrected chi connectivity index (χ3v) is 3.53. The highest BCUT2D eigenvalue weighted by molar-refractivity contribution is 7.13. The van der Waals surface area contributed by atoms with E-state index in [0.29, 0.717) is 0 Å². The molecule has 75 valence electrons. The van der Waals surface area contributed by atoms with Crippen LogP contribution in [-0.4, -0.2) is 11.5 Å². The molecule has 0 aliphatic carbocycles. The lowest BCUT2D eigenvalue weighted by Gasteiger charge is -2.15. The first-order valence-corrected chi connectivity index (χ1v) is 5.96. The number of aromatic nitrogens is 1. The van der Waals surface area contributed by atoms with Crippen LogP contribution >= 0.6 is 11.3 Å². The minimum absolute atomic E-state index is 0.882. The molecule has 0 saturated carbocycles. The molecule has 3 rings (SSSR count). The number of benzene rings is 1. The molecular formula is C12H11N2S. The van der Waals surface area contributed by atoms with Gasteiger partial charge in [0.25, 0.3) is 0 Å². The standard InChI is InChI=1S/C12H11N2S/c1-2-11-8-13-4-3-9(11)7-10(1)12-14-5-6-15-12/h1-2,5-7H,3-4,8H2. The zero-order valence-electron chi connectivity index (χ0n) is 8.31. The molecule has 1 aliphatic rings. The van der Waals surface area contributed by atoms with E-state index in [1.165, 1.54) is 16.7 Å². The Morgan fingerprint density at radius 3 is 3.07 bits per heavy atom. The van der Waals surface area contributed by atoms with Crippen molar-refractivity contribution in [3.63, 3.8) is 0 Å². The monoisotopic (exact) mass is 215 g/mol. The molecule has 0 saturated heterocycles. The molecule has 0 bridgehead atoms. The lowest BCUT2D eigenvalue weighted by molar-refractivity contribution is 0.630. The molecule has 3 heteroatoms. The minimum atomic E-state index is 0.882. The van der Waals surface area contributed by atoms with E-state index in [-0.39, 0.29) is 0 Å². The smallest absolute Gasteiger partial charge is 0.123 e. The number of rotatable bonds is 1. The topological polar surface area (TPSA) is 27.0 Å². The van der Waals surface area contributed by atoms with Crippen LogP contribution in [0.5, 0.6) is 0 Å². The number of fused-ring (bicyclic) bond motifs is 1. The fourth-order valence-electron chi connectivity index (χ4n) is 1.91. The molecule has 0 fully saturated rings. The average Bonchev–Trinajstić information content (AvgIpc) is 2.82. The molecule has 2 heterocycles. The van der Waals surface area contributed by atoms with Crippen molar-refractivity contribution >= 4 is 11.3 Å². The first-order valence-electron chi connectivity index (χ1n) is 5.08. The molecule has 0 atom stereocenters. The summed E-state index contributed by atoms with van der Waals surface area (Å²) in [6.07, 6.45) is 2.93. The van der Waals surface area contributed by atoms with Crippen molar-refractivity contribution in [2.75, 3.05) is 6.54 Å². The summed E-state index contributed by atoms with van der Waals surface area (Å²) in [4.78, 5) is 4.33. The van der Waals surface area contributed by atoms with Crippen LogP contribution in [0, 0.1) is 0 Å². The number of hydrogen-bond donors (Lipinski definition) is 0. The summed E-state index contributed by atoms with van der Waals surface area (Å²) in [7, 11) is 0. The SMILES string of the molecule is c1csc(-c2ccc3c(c2)CC[N]C3)n1. The average molecular weight is 215 g/mol. The van der Waals surface area contributed by atoms with E-state index in [1.54, 1.807) is 11.3 Å². The summed E-state index contributed by atoms with van der Waals surface area (Å²) in [6.45, 7) is 1.85. The summed E-state index contributed by atoms with van der Waals surface area (Å²) in [6, 6.07) is 6.61. The summed E-state index contributed by atoms with van der Waals surface area (Å²) in [5.41, 5.74) is 4.06. The minimum Gasteiger partial charge on any atom is -0.245 e. The largest absolute Gasteiger partial charge is 0.245 e. The third kappa shape index (κ3) is 1.68. The van der Waals surface area contributed by atoms with E-state index in [4.69, 9.17) is 0 Å². The lowest BCUT2D eigenvalue weighted by atomic mass is 9.99. The van der Waals surface area contributed by atoms with Crippen molar-refractivity contribution in [1.29, 1.82) is 0 Å². The summed E-state index contributed by atoms with van der Waals surface area (Å²) >= 11 is 1.69. The number of nitrogens with zero attached hydrogens (tertiary/aromatic N) is 2. The maximum absolute atomic E-state index is 4.40. The van der Waals surface area contributed by atoms with E-state index in [2.05, 4.69) is 28.5 Å². The normalized spacial score (nSPS) is 14.9. The highest BCUT2D eigenvalue weighted by Gasteiger charge is 2.10. The van der Waals surface area contributed by atoms with Crippen LogP contribution in [0.1, 0.15) is 11.1 Å². The van der Waals surface area contributed by atoms with Gasteiger partial charge in [-0.1, -0.05) is 12.1 Å². The quantitative estimate of drug-likeness (QED) is 0.718. The van der Waals surface area contributed by atoms with E-state index < -0.39 is 0 Å². The summed E-state index contributed by atoms with van der Waals surface area (Å²) in [5, 5.41) is 7.53. The van der Waals surface area contributed by atoms with Crippen LogP contribution in [0.3, 0.4) is 0 Å². The van der Waals surface area contributed by atoms with Crippen molar-refractivity contribution in [1.82, 2.24) is 10.3 Å². The van der Waals surface area contributed by atoms with Crippen LogP contribution in [0.4, 0.5) is 0 Å². The van der Waals surface area contributed by atoms with Crippen molar-refractivity contribution in [2.45, 2.75) is 13.0 Å². The highest BCUT2D eigenvalue weighted by Crippen LogP contribution is 2.25. The van der Waals surface area contributed by atoms with Gasteiger partial charge in [-0.3, -0.25) is 0 Å². The van der Waals surface area contributed by atoms with Crippen molar-refractivity contribution in [3.8, 4) is 10.6 Å². The van der Waals surface area contributed by atoms with Crippen LogP contribution in [0.25, 0.3) is 10.6 Å². The molecule has 0 amide bonds. The first kappa shape index (κ1) is 9.07. The molecule has 1 aliphatic heterocycles. The molecule has 0 unspecified atom stereocenters. The van der Waals surface area contributed by atoms with Gasteiger partial charge in [0.15, 0.2) is 0 Å². The van der Waals surface area contributed by atoms with E-state index in [1.807, 2.05) is 11.6 Å². The predicted molar refractivity (Wildman–Crippen MR) is 62.0 cm³/mol. The molecule has 2 nitrogen and oxygen atoms in total. The maximum Gasteiger partial charge on any atom is 0.123 e. The summed E-state index contributed by atoms with van der Waals surface area (Å²) in [5.74, 6) is 0. The second-order valence-corrected chi connectivity index (χ2v) is 4.57. The Kier molecular flexibility index (Phi) is 2.27. The van der Waals surface area contributed by atoms with Crippen LogP contribution in [0.2, 0.25) is 0 Å². The van der Waals surface area contributed by atoms with Gasteiger partial charge in [-0.15, -0.1) is 11.3 Å². The van der Waals surface area contributed by atoms with Crippen LogP contribution in [-0.2, 0) is 13.0 Å².